The van der Waals surface area contributed by atoms with Gasteiger partial charge in [-0.1, -0.05) is 0 Å². The van der Waals surface area contributed by atoms with E-state index >= 15 is 0 Å². The van der Waals surface area contributed by atoms with Gasteiger partial charge in [-0.2, -0.15) is 5.10 Å². The van der Waals surface area contributed by atoms with Crippen molar-refractivity contribution in [3.8, 4) is 0 Å². The van der Waals surface area contributed by atoms with Crippen LogP contribution in [0.5, 0.6) is 0 Å². The lowest BCUT2D eigenvalue weighted by molar-refractivity contribution is -0.145. The fourth-order valence-electron chi connectivity index (χ4n) is 3.50. The van der Waals surface area contributed by atoms with Crippen molar-refractivity contribution in [3.63, 3.8) is 0 Å². The first-order valence-electron chi connectivity index (χ1n) is 8.92. The normalized spacial score (nSPS) is 22.1. The monoisotopic (exact) mass is 349 g/mol. The molecule has 8 heteroatoms. The molecule has 0 saturated heterocycles. The lowest BCUT2D eigenvalue weighted by atomic mass is 9.77. The first-order chi connectivity index (χ1) is 11.9. The van der Waals surface area contributed by atoms with E-state index in [2.05, 4.69) is 15.4 Å². The fourth-order valence-corrected chi connectivity index (χ4v) is 3.50. The molecular formula is C17H27N5O3. The largest absolute Gasteiger partial charge is 0.378 e. The van der Waals surface area contributed by atoms with Crippen LogP contribution in [0.4, 0.5) is 0 Å². The van der Waals surface area contributed by atoms with Gasteiger partial charge in [-0.15, -0.1) is 0 Å². The highest BCUT2D eigenvalue weighted by Crippen LogP contribution is 2.38. The molecule has 1 aromatic heterocycles. The number of fused-ring (bicyclic) bond motifs is 1. The standard InChI is InChI=1S/C17H27N5O3/c1-12(2)20-16(24)13-8-21(10-14-18-11-19-22(14)9-13)15(23)7-17(25-3)5-4-6-17/h11-13H,4-10H2,1-3H3,(H,20,24). The molecule has 1 saturated carbocycles. The predicted molar refractivity (Wildman–Crippen MR) is 90.4 cm³/mol. The summed E-state index contributed by atoms with van der Waals surface area (Å²) in [6, 6.07) is 0.0573. The smallest absolute Gasteiger partial charge is 0.226 e. The van der Waals surface area contributed by atoms with Crippen molar-refractivity contribution in [2.75, 3.05) is 13.7 Å². The van der Waals surface area contributed by atoms with E-state index in [0.29, 0.717) is 31.9 Å². The molecule has 1 aliphatic heterocycles. The van der Waals surface area contributed by atoms with Gasteiger partial charge in [0, 0.05) is 19.7 Å². The van der Waals surface area contributed by atoms with E-state index in [9.17, 15) is 9.59 Å². The summed E-state index contributed by atoms with van der Waals surface area (Å²) < 4.78 is 7.32. The van der Waals surface area contributed by atoms with Gasteiger partial charge in [0.25, 0.3) is 0 Å². The van der Waals surface area contributed by atoms with Gasteiger partial charge in [0.15, 0.2) is 0 Å². The molecule has 1 N–H and O–H groups in total. The van der Waals surface area contributed by atoms with Crippen molar-refractivity contribution in [2.45, 2.75) is 64.3 Å². The number of methoxy groups -OCH3 is 1. The zero-order valence-corrected chi connectivity index (χ0v) is 15.2. The molecule has 2 aliphatic rings. The maximum absolute atomic E-state index is 12.9. The second-order valence-corrected chi connectivity index (χ2v) is 7.41. The second-order valence-electron chi connectivity index (χ2n) is 7.41. The second kappa shape index (κ2) is 7.11. The molecule has 0 aromatic carbocycles. The molecule has 1 unspecified atom stereocenters. The van der Waals surface area contributed by atoms with Crippen molar-refractivity contribution in [1.82, 2.24) is 25.0 Å². The summed E-state index contributed by atoms with van der Waals surface area (Å²) in [5, 5.41) is 7.14. The van der Waals surface area contributed by atoms with Gasteiger partial charge in [0.1, 0.15) is 12.2 Å². The van der Waals surface area contributed by atoms with Crippen LogP contribution < -0.4 is 5.32 Å². The molecule has 8 nitrogen and oxygen atoms in total. The summed E-state index contributed by atoms with van der Waals surface area (Å²) in [6.45, 7) is 5.05. The Labute approximate surface area is 147 Å². The Hall–Kier alpha value is -1.96. The first-order valence-corrected chi connectivity index (χ1v) is 8.92. The topological polar surface area (TPSA) is 89.3 Å². The van der Waals surface area contributed by atoms with E-state index < -0.39 is 0 Å². The van der Waals surface area contributed by atoms with Gasteiger partial charge in [-0.25, -0.2) is 9.67 Å². The lowest BCUT2D eigenvalue weighted by Crippen LogP contribution is -2.47. The van der Waals surface area contributed by atoms with E-state index in [-0.39, 0.29) is 29.4 Å². The zero-order chi connectivity index (χ0) is 18.0. The van der Waals surface area contributed by atoms with E-state index in [0.717, 1.165) is 19.3 Å². The van der Waals surface area contributed by atoms with Crippen molar-refractivity contribution < 1.29 is 14.3 Å². The van der Waals surface area contributed by atoms with Gasteiger partial charge >= 0.3 is 0 Å². The molecular weight excluding hydrogens is 322 g/mol. The molecule has 0 radical (unpaired) electrons. The Morgan fingerprint density at radius 3 is 2.76 bits per heavy atom. The third-order valence-corrected chi connectivity index (χ3v) is 5.19. The van der Waals surface area contributed by atoms with Crippen LogP contribution in [0.25, 0.3) is 0 Å². The van der Waals surface area contributed by atoms with Crippen molar-refractivity contribution in [1.29, 1.82) is 0 Å². The van der Waals surface area contributed by atoms with Crippen LogP contribution in [-0.4, -0.2) is 56.8 Å². The number of nitrogens with one attached hydrogen (secondary N) is 1. The highest BCUT2D eigenvalue weighted by Gasteiger charge is 2.41. The summed E-state index contributed by atoms with van der Waals surface area (Å²) >= 11 is 0. The quantitative estimate of drug-likeness (QED) is 0.846. The van der Waals surface area contributed by atoms with E-state index in [1.165, 1.54) is 6.33 Å². The Bertz CT molecular complexity index is 632. The summed E-state index contributed by atoms with van der Waals surface area (Å²) in [5.41, 5.74) is -0.327. The highest BCUT2D eigenvalue weighted by molar-refractivity contribution is 5.81. The molecule has 1 fully saturated rings. The molecule has 0 spiro atoms. The van der Waals surface area contributed by atoms with Crippen LogP contribution in [0.15, 0.2) is 6.33 Å². The molecule has 3 rings (SSSR count). The van der Waals surface area contributed by atoms with Gasteiger partial charge in [0.05, 0.1) is 31.0 Å². The van der Waals surface area contributed by atoms with Gasteiger partial charge in [0.2, 0.25) is 11.8 Å². The Morgan fingerprint density at radius 1 is 1.40 bits per heavy atom. The first kappa shape index (κ1) is 17.8. The van der Waals surface area contributed by atoms with Crippen LogP contribution in [-0.2, 0) is 27.4 Å². The van der Waals surface area contributed by atoms with Gasteiger partial charge < -0.3 is 15.0 Å². The summed E-state index contributed by atoms with van der Waals surface area (Å²) in [4.78, 5) is 31.4. The Morgan fingerprint density at radius 2 is 2.16 bits per heavy atom. The molecule has 1 aliphatic carbocycles. The number of rotatable bonds is 5. The molecule has 0 bridgehead atoms. The number of ether oxygens (including phenoxy) is 1. The van der Waals surface area contributed by atoms with Crippen molar-refractivity contribution >= 4 is 11.8 Å². The minimum atomic E-state index is -0.339. The van der Waals surface area contributed by atoms with Crippen LogP contribution in [0.2, 0.25) is 0 Å². The number of carbonyl (C=O) groups excluding carboxylic acids is 2. The highest BCUT2D eigenvalue weighted by atomic mass is 16.5. The van der Waals surface area contributed by atoms with Crippen LogP contribution >= 0.6 is 0 Å². The molecule has 138 valence electrons. The number of hydrogen-bond donors (Lipinski definition) is 1. The molecule has 1 aromatic rings. The van der Waals surface area contributed by atoms with Crippen LogP contribution in [0.3, 0.4) is 0 Å². The van der Waals surface area contributed by atoms with Crippen LogP contribution in [0, 0.1) is 5.92 Å². The summed E-state index contributed by atoms with van der Waals surface area (Å²) in [6.07, 6.45) is 4.75. The zero-order valence-electron chi connectivity index (χ0n) is 15.2. The Kier molecular flexibility index (Phi) is 5.08. The lowest BCUT2D eigenvalue weighted by Gasteiger charge is -2.41. The van der Waals surface area contributed by atoms with Crippen molar-refractivity contribution in [3.05, 3.63) is 12.2 Å². The molecule has 25 heavy (non-hydrogen) atoms. The summed E-state index contributed by atoms with van der Waals surface area (Å²) in [5.74, 6) is 0.337. The van der Waals surface area contributed by atoms with Crippen LogP contribution in [0.1, 0.15) is 45.4 Å². The average molecular weight is 349 g/mol. The third kappa shape index (κ3) is 3.84. The number of hydrogen-bond acceptors (Lipinski definition) is 5. The fraction of sp³-hybridized carbons (Fsp3) is 0.765. The van der Waals surface area contributed by atoms with Gasteiger partial charge in [-0.05, 0) is 33.1 Å². The maximum atomic E-state index is 12.9. The molecule has 1 atom stereocenters. The third-order valence-electron chi connectivity index (χ3n) is 5.19. The molecule has 2 heterocycles. The number of amides is 2. The minimum Gasteiger partial charge on any atom is -0.378 e. The van der Waals surface area contributed by atoms with E-state index in [1.807, 2.05) is 13.8 Å². The average Bonchev–Trinajstić information content (AvgIpc) is 2.87. The Balaban J connectivity index is 1.76. The van der Waals surface area contributed by atoms with Crippen molar-refractivity contribution in [2.24, 2.45) is 5.92 Å². The van der Waals surface area contributed by atoms with E-state index in [4.69, 9.17) is 4.74 Å². The number of aromatic nitrogens is 3. The summed E-state index contributed by atoms with van der Waals surface area (Å²) in [7, 11) is 1.67. The molecule has 2 amide bonds. The number of nitrogens with zero attached hydrogens (tertiary/aromatic N) is 4. The van der Waals surface area contributed by atoms with E-state index in [1.54, 1.807) is 16.7 Å². The minimum absolute atomic E-state index is 0.0142. The SMILES string of the molecule is COC1(CC(=O)N2Cc3ncnn3CC(C(=O)NC(C)C)C2)CCC1. The number of carbonyl (C=O) groups is 2. The predicted octanol–water partition coefficient (Wildman–Crippen LogP) is 0.720. The van der Waals surface area contributed by atoms with Gasteiger partial charge in [-0.3, -0.25) is 9.59 Å². The maximum Gasteiger partial charge on any atom is 0.226 e.